The Morgan fingerprint density at radius 3 is 0.917 bits per heavy atom. The number of nitrogens with one attached hydrogen (secondary N) is 3. The van der Waals surface area contributed by atoms with Crippen LogP contribution in [0, 0.1) is 0 Å². The van der Waals surface area contributed by atoms with Crippen molar-refractivity contribution in [2.45, 2.75) is 0 Å². The van der Waals surface area contributed by atoms with Crippen LogP contribution in [0.15, 0.2) is 14.4 Å². The van der Waals surface area contributed by atoms with Gasteiger partial charge in [-0.1, -0.05) is 0 Å². The molecule has 1 aromatic rings. The number of aromatic amines is 3. The Bertz CT molecular complexity index is 287. The average Bonchev–Trinajstić information content (AvgIpc) is 1.59. The zero-order valence-electron chi connectivity index (χ0n) is 4.22. The summed E-state index contributed by atoms with van der Waals surface area (Å²) in [5.74, 6) is 0. The summed E-state index contributed by atoms with van der Waals surface area (Å²) in [5, 5.41) is 0. The van der Waals surface area contributed by atoms with E-state index in [0.29, 0.717) is 0 Å². The van der Waals surface area contributed by atoms with E-state index >= 15 is 0 Å². The molecule has 0 fully saturated rings. The molecule has 0 radical (unpaired) electrons. The van der Waals surface area contributed by atoms with Crippen LogP contribution in [0.5, 0.6) is 0 Å². The molecule has 0 aliphatic rings. The van der Waals surface area contributed by atoms with Gasteiger partial charge >= 0.3 is 106 Å². The first kappa shape index (κ1) is 19.1. The molecule has 9 heteroatoms. The Balaban J connectivity index is -0.000000270. The van der Waals surface area contributed by atoms with E-state index in [2.05, 4.69) is 0 Å². The molecule has 0 bridgehead atoms. The van der Waals surface area contributed by atoms with E-state index in [1.807, 2.05) is 0 Å². The standard InChI is InChI=1S/C3H3N3O3.3Na.3H/c7-1-4-2(8)6-3(9)5-1;;;;;;/h(H3,4,5,6,7,8,9);;;;;;. The van der Waals surface area contributed by atoms with Gasteiger partial charge in [0.15, 0.2) is 0 Å². The molecule has 0 saturated carbocycles. The molecule has 6 nitrogen and oxygen atoms in total. The quantitative estimate of drug-likeness (QED) is 0.371. The van der Waals surface area contributed by atoms with Gasteiger partial charge in [-0.25, -0.2) is 14.4 Å². The molecule has 0 spiro atoms. The van der Waals surface area contributed by atoms with Crippen LogP contribution in [0.2, 0.25) is 0 Å². The predicted octanol–water partition coefficient (Wildman–Crippen LogP) is -4.19. The van der Waals surface area contributed by atoms with E-state index in [-0.39, 0.29) is 88.7 Å². The van der Waals surface area contributed by atoms with Crippen molar-refractivity contribution in [3.05, 3.63) is 31.5 Å². The summed E-state index contributed by atoms with van der Waals surface area (Å²) in [6.07, 6.45) is 0. The number of rotatable bonds is 0. The molecular weight excluding hydrogens is 195 g/mol. The van der Waals surface area contributed by atoms with Crippen LogP contribution < -0.4 is 17.1 Å². The number of hydrogen-bond acceptors (Lipinski definition) is 3. The zero-order valence-corrected chi connectivity index (χ0v) is 4.22. The number of aromatic nitrogens is 3. The van der Waals surface area contributed by atoms with Crippen LogP contribution in [0.25, 0.3) is 0 Å². The fourth-order valence-electron chi connectivity index (χ4n) is 0.403. The zero-order chi connectivity index (χ0) is 6.85. The van der Waals surface area contributed by atoms with Crippen LogP contribution >= 0.6 is 0 Å². The fraction of sp³-hybridized carbons (Fsp3) is 0. The molecule has 0 atom stereocenters. The Hall–Kier alpha value is 1.41. The van der Waals surface area contributed by atoms with Gasteiger partial charge in [-0.3, -0.25) is 15.0 Å². The molecule has 0 amide bonds. The first-order valence-electron chi connectivity index (χ1n) is 2.11. The summed E-state index contributed by atoms with van der Waals surface area (Å²) in [6, 6.07) is 0. The van der Waals surface area contributed by atoms with Gasteiger partial charge < -0.3 is 0 Å². The van der Waals surface area contributed by atoms with Crippen molar-refractivity contribution in [3.63, 3.8) is 0 Å². The van der Waals surface area contributed by atoms with Crippen molar-refractivity contribution in [1.82, 2.24) is 15.0 Å². The monoisotopic (exact) mass is 201 g/mol. The SMILES string of the molecule is O=c1[nH]c(=O)[nH]c(=O)[nH]1.[NaH].[NaH].[NaH]. The first-order chi connectivity index (χ1) is 4.18. The maximum atomic E-state index is 10.2. The first-order valence-corrected chi connectivity index (χ1v) is 2.11. The van der Waals surface area contributed by atoms with Gasteiger partial charge in [-0.05, 0) is 0 Å². The van der Waals surface area contributed by atoms with Crippen molar-refractivity contribution in [3.8, 4) is 0 Å². The Labute approximate surface area is 133 Å². The van der Waals surface area contributed by atoms with Gasteiger partial charge in [-0.15, -0.1) is 0 Å². The molecule has 0 aliphatic heterocycles. The average molecular weight is 201 g/mol. The van der Waals surface area contributed by atoms with Crippen molar-refractivity contribution < 1.29 is 0 Å². The van der Waals surface area contributed by atoms with E-state index in [0.717, 1.165) is 0 Å². The van der Waals surface area contributed by atoms with E-state index < -0.39 is 17.1 Å². The minimum absolute atomic E-state index is 0. The van der Waals surface area contributed by atoms with Crippen LogP contribution in [-0.4, -0.2) is 104 Å². The molecule has 1 aromatic heterocycles. The summed E-state index contributed by atoms with van der Waals surface area (Å²) in [6.45, 7) is 0. The molecule has 0 aliphatic carbocycles. The third-order valence-corrected chi connectivity index (χ3v) is 0.681. The predicted molar refractivity (Wildman–Crippen MR) is 49.8 cm³/mol. The van der Waals surface area contributed by atoms with Gasteiger partial charge in [0, 0.05) is 0 Å². The summed E-state index contributed by atoms with van der Waals surface area (Å²) < 4.78 is 0. The molecule has 54 valence electrons. The molecule has 0 aromatic carbocycles. The molecular formula is C3H6N3Na3O3. The summed E-state index contributed by atoms with van der Waals surface area (Å²) in [4.78, 5) is 35.9. The minimum atomic E-state index is -0.802. The second kappa shape index (κ2) is 8.98. The van der Waals surface area contributed by atoms with Crippen molar-refractivity contribution in [2.75, 3.05) is 0 Å². The molecule has 1 heterocycles. The molecule has 3 N–H and O–H groups in total. The Morgan fingerprint density at radius 2 is 0.750 bits per heavy atom. The van der Waals surface area contributed by atoms with Gasteiger partial charge in [-0.2, -0.15) is 0 Å². The van der Waals surface area contributed by atoms with Crippen LogP contribution in [0.1, 0.15) is 0 Å². The summed E-state index contributed by atoms with van der Waals surface area (Å²) in [7, 11) is 0. The number of H-pyrrole nitrogens is 3. The molecule has 0 unspecified atom stereocenters. The van der Waals surface area contributed by atoms with Crippen molar-refractivity contribution in [1.29, 1.82) is 0 Å². The van der Waals surface area contributed by atoms with Gasteiger partial charge in [0.25, 0.3) is 0 Å². The van der Waals surface area contributed by atoms with Crippen molar-refractivity contribution >= 4 is 88.7 Å². The van der Waals surface area contributed by atoms with E-state index in [4.69, 9.17) is 0 Å². The molecule has 1 rings (SSSR count). The van der Waals surface area contributed by atoms with Crippen LogP contribution in [0.4, 0.5) is 0 Å². The van der Waals surface area contributed by atoms with Crippen molar-refractivity contribution in [2.24, 2.45) is 0 Å². The van der Waals surface area contributed by atoms with Gasteiger partial charge in [0.2, 0.25) is 0 Å². The third kappa shape index (κ3) is 6.88. The summed E-state index contributed by atoms with van der Waals surface area (Å²) >= 11 is 0. The van der Waals surface area contributed by atoms with Crippen LogP contribution in [0.3, 0.4) is 0 Å². The van der Waals surface area contributed by atoms with E-state index in [9.17, 15) is 14.4 Å². The summed E-state index contributed by atoms with van der Waals surface area (Å²) in [5.41, 5.74) is -2.41. The molecule has 0 saturated heterocycles. The number of hydrogen-bond donors (Lipinski definition) is 3. The van der Waals surface area contributed by atoms with Gasteiger partial charge in [0.05, 0.1) is 0 Å². The second-order valence-corrected chi connectivity index (χ2v) is 1.36. The third-order valence-electron chi connectivity index (χ3n) is 0.681. The second-order valence-electron chi connectivity index (χ2n) is 1.36. The fourth-order valence-corrected chi connectivity index (χ4v) is 0.403. The topological polar surface area (TPSA) is 98.6 Å². The van der Waals surface area contributed by atoms with Gasteiger partial charge in [0.1, 0.15) is 0 Å². The molecule has 12 heavy (non-hydrogen) atoms. The maximum absolute atomic E-state index is 10.2. The van der Waals surface area contributed by atoms with E-state index in [1.165, 1.54) is 0 Å². The Kier molecular flexibility index (Phi) is 14.3. The van der Waals surface area contributed by atoms with E-state index in [1.54, 1.807) is 15.0 Å². The normalized spacial score (nSPS) is 7.00. The van der Waals surface area contributed by atoms with Crippen LogP contribution in [-0.2, 0) is 0 Å². The Morgan fingerprint density at radius 1 is 0.583 bits per heavy atom.